The molecule has 1 rings (SSSR count). The molecule has 1 aliphatic heterocycles. The fraction of sp³-hybridized carbons (Fsp3) is 0.737. The van der Waals surface area contributed by atoms with Crippen molar-refractivity contribution in [2.24, 2.45) is 28.1 Å². The zero-order valence-corrected chi connectivity index (χ0v) is 18.0. The number of nitrogens with one attached hydrogen (secondary N) is 2. The van der Waals surface area contributed by atoms with Crippen molar-refractivity contribution in [2.75, 3.05) is 26.2 Å². The van der Waals surface area contributed by atoms with Gasteiger partial charge in [-0.1, -0.05) is 6.92 Å². The van der Waals surface area contributed by atoms with Gasteiger partial charge in [0, 0.05) is 25.6 Å². The highest BCUT2D eigenvalue weighted by atomic mass is 16.4. The van der Waals surface area contributed by atoms with Crippen molar-refractivity contribution in [1.82, 2.24) is 15.5 Å². The quantitative estimate of drug-likeness (QED) is 0.108. The zero-order valence-electron chi connectivity index (χ0n) is 18.0. The first-order valence-corrected chi connectivity index (χ1v) is 10.5. The van der Waals surface area contributed by atoms with Crippen LogP contribution in [0.25, 0.3) is 0 Å². The third-order valence-electron chi connectivity index (χ3n) is 5.09. The zero-order chi connectivity index (χ0) is 23.4. The van der Waals surface area contributed by atoms with Crippen LogP contribution in [0.2, 0.25) is 0 Å². The second-order valence-corrected chi connectivity index (χ2v) is 7.69. The molecular formula is C19H35N7O5. The van der Waals surface area contributed by atoms with Gasteiger partial charge in [-0.3, -0.25) is 24.2 Å². The van der Waals surface area contributed by atoms with Crippen molar-refractivity contribution in [3.63, 3.8) is 0 Å². The summed E-state index contributed by atoms with van der Waals surface area (Å²) in [6.07, 6.45) is 3.39. The molecule has 0 aliphatic carbocycles. The number of nitrogens with two attached hydrogens (primary N) is 3. The number of aliphatic imine (C=N–C) groups is 1. The van der Waals surface area contributed by atoms with E-state index in [4.69, 9.17) is 22.3 Å². The second kappa shape index (κ2) is 13.4. The lowest BCUT2D eigenvalue weighted by Gasteiger charge is -2.26. The topological polar surface area (TPSA) is 206 Å². The van der Waals surface area contributed by atoms with E-state index in [0.717, 1.165) is 0 Å². The summed E-state index contributed by atoms with van der Waals surface area (Å²) in [5.41, 5.74) is 16.3. The molecule has 0 saturated carbocycles. The van der Waals surface area contributed by atoms with Crippen LogP contribution < -0.4 is 27.8 Å². The van der Waals surface area contributed by atoms with Crippen molar-refractivity contribution in [3.05, 3.63) is 0 Å². The molecule has 3 atom stereocenters. The maximum Gasteiger partial charge on any atom is 0.322 e. The Hall–Kier alpha value is -2.89. The predicted molar refractivity (Wildman–Crippen MR) is 115 cm³/mol. The number of hydrogen-bond acceptors (Lipinski definition) is 6. The van der Waals surface area contributed by atoms with Gasteiger partial charge in [-0.05, 0) is 38.5 Å². The molecule has 1 fully saturated rings. The number of guanidine groups is 1. The molecule has 12 nitrogen and oxygen atoms in total. The van der Waals surface area contributed by atoms with Gasteiger partial charge in [0.05, 0.1) is 6.04 Å². The molecule has 3 amide bonds. The van der Waals surface area contributed by atoms with Crippen LogP contribution in [0.5, 0.6) is 0 Å². The SMILES string of the molecule is C[C@@H](CCCNC(=O)[C@@H](N)CCCN=C(N)N)C(=O)N1CCC[C@H]1C(=O)NCC(=O)O. The summed E-state index contributed by atoms with van der Waals surface area (Å²) in [5.74, 6) is -2.30. The lowest BCUT2D eigenvalue weighted by molar-refractivity contribution is -0.142. The van der Waals surface area contributed by atoms with Crippen LogP contribution in [0.3, 0.4) is 0 Å². The second-order valence-electron chi connectivity index (χ2n) is 7.69. The minimum absolute atomic E-state index is 0.00262. The Morgan fingerprint density at radius 1 is 1.16 bits per heavy atom. The maximum atomic E-state index is 12.7. The Morgan fingerprint density at radius 2 is 1.87 bits per heavy atom. The molecule has 0 aromatic rings. The molecule has 12 heteroatoms. The Labute approximate surface area is 182 Å². The predicted octanol–water partition coefficient (Wildman–Crippen LogP) is -1.91. The minimum Gasteiger partial charge on any atom is -0.480 e. The molecule has 1 aliphatic rings. The summed E-state index contributed by atoms with van der Waals surface area (Å²) < 4.78 is 0. The normalized spacial score (nSPS) is 17.5. The molecule has 0 unspecified atom stereocenters. The number of rotatable bonds is 13. The van der Waals surface area contributed by atoms with E-state index < -0.39 is 30.5 Å². The summed E-state index contributed by atoms with van der Waals surface area (Å²) >= 11 is 0. The van der Waals surface area contributed by atoms with Crippen LogP contribution >= 0.6 is 0 Å². The van der Waals surface area contributed by atoms with Crippen LogP contribution in [-0.2, 0) is 19.2 Å². The first-order valence-electron chi connectivity index (χ1n) is 10.5. The van der Waals surface area contributed by atoms with Gasteiger partial charge >= 0.3 is 5.97 Å². The molecule has 0 bridgehead atoms. The van der Waals surface area contributed by atoms with Crippen LogP contribution in [0, 0.1) is 5.92 Å². The van der Waals surface area contributed by atoms with Gasteiger partial charge < -0.3 is 37.8 Å². The largest absolute Gasteiger partial charge is 0.480 e. The number of carboxylic acid groups (broad SMARTS) is 1. The Bertz CT molecular complexity index is 666. The number of aliphatic carboxylic acids is 1. The van der Waals surface area contributed by atoms with E-state index in [9.17, 15) is 19.2 Å². The van der Waals surface area contributed by atoms with Crippen molar-refractivity contribution >= 4 is 29.7 Å². The number of amides is 3. The Kier molecular flexibility index (Phi) is 11.3. The van der Waals surface area contributed by atoms with Crippen molar-refractivity contribution in [3.8, 4) is 0 Å². The van der Waals surface area contributed by atoms with Crippen molar-refractivity contribution < 1.29 is 24.3 Å². The lowest BCUT2D eigenvalue weighted by Crippen LogP contribution is -2.48. The standard InChI is InChI=1S/C19H35N7O5/c1-12(5-2-8-23-16(29)13(20)6-3-9-24-19(21)22)18(31)26-10-4-7-14(26)17(30)25-11-15(27)28/h12-14H,2-11,20H2,1H3,(H,23,29)(H,25,30)(H,27,28)(H4,21,22,24)/t12-,13-,14-/m0/s1. The molecule has 31 heavy (non-hydrogen) atoms. The highest BCUT2D eigenvalue weighted by molar-refractivity contribution is 5.90. The fourth-order valence-corrected chi connectivity index (χ4v) is 3.39. The molecule has 9 N–H and O–H groups in total. The van der Waals surface area contributed by atoms with Crippen LogP contribution in [0.15, 0.2) is 4.99 Å². The number of carboxylic acids is 1. The number of hydrogen-bond donors (Lipinski definition) is 6. The Balaban J connectivity index is 2.33. The average Bonchev–Trinajstić information content (AvgIpc) is 3.21. The van der Waals surface area contributed by atoms with Crippen molar-refractivity contribution in [1.29, 1.82) is 0 Å². The van der Waals surface area contributed by atoms with E-state index in [2.05, 4.69) is 15.6 Å². The molecule has 0 radical (unpaired) electrons. The van der Waals surface area contributed by atoms with Gasteiger partial charge in [0.2, 0.25) is 17.7 Å². The molecule has 176 valence electrons. The van der Waals surface area contributed by atoms with E-state index in [-0.39, 0.29) is 23.7 Å². The summed E-state index contributed by atoms with van der Waals surface area (Å²) in [6.45, 7) is 2.59. The van der Waals surface area contributed by atoms with E-state index >= 15 is 0 Å². The van der Waals surface area contributed by atoms with E-state index in [1.165, 1.54) is 4.90 Å². The van der Waals surface area contributed by atoms with Crippen LogP contribution in [0.4, 0.5) is 0 Å². The first-order chi connectivity index (χ1) is 14.6. The molecule has 0 aromatic carbocycles. The van der Waals surface area contributed by atoms with Gasteiger partial charge in [0.25, 0.3) is 0 Å². The molecule has 1 heterocycles. The smallest absolute Gasteiger partial charge is 0.322 e. The fourth-order valence-electron chi connectivity index (χ4n) is 3.39. The summed E-state index contributed by atoms with van der Waals surface area (Å²) in [5, 5.41) is 13.8. The number of likely N-dealkylation sites (tertiary alicyclic amines) is 1. The van der Waals surface area contributed by atoms with E-state index in [0.29, 0.717) is 58.2 Å². The number of carbonyl (C=O) groups is 4. The van der Waals surface area contributed by atoms with Gasteiger partial charge in [0.1, 0.15) is 12.6 Å². The highest BCUT2D eigenvalue weighted by Gasteiger charge is 2.35. The Morgan fingerprint density at radius 3 is 2.52 bits per heavy atom. The monoisotopic (exact) mass is 441 g/mol. The van der Waals surface area contributed by atoms with Crippen LogP contribution in [0.1, 0.15) is 45.4 Å². The summed E-state index contributed by atoms with van der Waals surface area (Å²) in [7, 11) is 0. The number of nitrogens with zero attached hydrogens (tertiary/aromatic N) is 2. The summed E-state index contributed by atoms with van der Waals surface area (Å²) in [4.78, 5) is 52.9. The number of carbonyl (C=O) groups excluding carboxylic acids is 3. The summed E-state index contributed by atoms with van der Waals surface area (Å²) in [6, 6.07) is -1.28. The lowest BCUT2D eigenvalue weighted by atomic mass is 10.0. The van der Waals surface area contributed by atoms with Gasteiger partial charge in [-0.25, -0.2) is 0 Å². The van der Waals surface area contributed by atoms with Gasteiger partial charge in [0.15, 0.2) is 5.96 Å². The third-order valence-corrected chi connectivity index (χ3v) is 5.09. The van der Waals surface area contributed by atoms with E-state index in [1.807, 2.05) is 0 Å². The van der Waals surface area contributed by atoms with E-state index in [1.54, 1.807) is 6.92 Å². The third kappa shape index (κ3) is 9.64. The first kappa shape index (κ1) is 26.1. The minimum atomic E-state index is -1.13. The molecular weight excluding hydrogens is 406 g/mol. The molecule has 0 spiro atoms. The van der Waals surface area contributed by atoms with Crippen LogP contribution in [-0.4, -0.2) is 77.9 Å². The maximum absolute atomic E-state index is 12.7. The molecule has 0 aromatic heterocycles. The van der Waals surface area contributed by atoms with Gasteiger partial charge in [-0.15, -0.1) is 0 Å². The average molecular weight is 442 g/mol. The molecule has 1 saturated heterocycles. The van der Waals surface area contributed by atoms with Gasteiger partial charge in [-0.2, -0.15) is 0 Å². The highest BCUT2D eigenvalue weighted by Crippen LogP contribution is 2.21. The van der Waals surface area contributed by atoms with Crippen molar-refractivity contribution in [2.45, 2.75) is 57.5 Å².